The summed E-state index contributed by atoms with van der Waals surface area (Å²) in [5.41, 5.74) is -0.192. The molecule has 4 aliphatic rings. The summed E-state index contributed by atoms with van der Waals surface area (Å²) < 4.78 is 5.20. The maximum atomic E-state index is 13.4. The number of oxime groups is 1. The lowest BCUT2D eigenvalue weighted by molar-refractivity contribution is -0.151. The average Bonchev–Trinajstić information content (AvgIpc) is 3.49. The lowest BCUT2D eigenvalue weighted by atomic mass is 10.00. The highest BCUT2D eigenvalue weighted by atomic mass is 32.2. The number of furan rings is 1. The van der Waals surface area contributed by atoms with E-state index in [-0.39, 0.29) is 45.5 Å². The molecule has 4 aliphatic heterocycles. The molecule has 0 radical (unpaired) electrons. The fourth-order valence-electron chi connectivity index (χ4n) is 4.75. The molecule has 17 heteroatoms. The van der Waals surface area contributed by atoms with E-state index in [0.29, 0.717) is 0 Å². The van der Waals surface area contributed by atoms with Crippen molar-refractivity contribution in [3.05, 3.63) is 46.7 Å². The van der Waals surface area contributed by atoms with Crippen molar-refractivity contribution in [1.82, 2.24) is 20.4 Å². The number of rotatable bonds is 9. The number of carboxylic acids is 1. The van der Waals surface area contributed by atoms with Crippen LogP contribution in [0.15, 0.2) is 50.5 Å². The molecular weight excluding hydrogens is 570 g/mol. The van der Waals surface area contributed by atoms with Gasteiger partial charge in [0.1, 0.15) is 41.3 Å². The van der Waals surface area contributed by atoms with Gasteiger partial charge in [0.2, 0.25) is 5.71 Å². The number of β-lactam (4-membered cyclic amide) rings is 2. The summed E-state index contributed by atoms with van der Waals surface area (Å²) in [6.07, 6.45) is 1.34. The van der Waals surface area contributed by atoms with Gasteiger partial charge in [-0.15, -0.1) is 23.5 Å². The summed E-state index contributed by atoms with van der Waals surface area (Å²) in [4.78, 5) is 70.8. The van der Waals surface area contributed by atoms with Crippen LogP contribution >= 0.6 is 23.5 Å². The number of carbonyl (C=O) groups excluding carboxylic acids is 4. The van der Waals surface area contributed by atoms with Crippen molar-refractivity contribution < 1.29 is 48.5 Å². The molecule has 1 aromatic heterocycles. The molecule has 4 amide bonds. The Kier molecular flexibility index (Phi) is 7.63. The third kappa shape index (κ3) is 4.43. The molecule has 2 fully saturated rings. The maximum absolute atomic E-state index is 13.4. The number of hydrogen-bond donors (Lipinski definition) is 5. The van der Waals surface area contributed by atoms with Crippen LogP contribution in [-0.2, 0) is 28.8 Å². The van der Waals surface area contributed by atoms with Gasteiger partial charge in [-0.25, -0.2) is 4.79 Å². The van der Waals surface area contributed by atoms with E-state index in [4.69, 9.17) is 9.25 Å². The van der Waals surface area contributed by atoms with Crippen molar-refractivity contribution in [2.45, 2.75) is 22.8 Å². The molecule has 5 rings (SSSR count). The fourth-order valence-corrected chi connectivity index (χ4v) is 7.42. The molecule has 0 spiro atoms. The minimum absolute atomic E-state index is 0.119. The first-order valence-corrected chi connectivity index (χ1v) is 13.9. The standard InChI is InChI=1S/C23H23N5O10S2/c1-37-26-12(11-3-2-4-38-11)17(31)24-13-19(33)27-15(9(5-29)7-39-21(13)27)18(32)25-14-20(34)28-16(23(35)36)10(6-30)8-40-22(14)28/h2-4,13-14,21-22,29-30H,5-8H2,1H3,(H,24,31)(H,25,32)(H,35,36)/b26-12-/t13-,14-,21-,22-/m1/s1. The number of thioether (sulfide) groups is 2. The molecule has 0 aliphatic carbocycles. The molecule has 0 saturated carbocycles. The van der Waals surface area contributed by atoms with E-state index in [9.17, 15) is 39.3 Å². The van der Waals surface area contributed by atoms with Crippen LogP contribution in [0.1, 0.15) is 5.76 Å². The zero-order valence-corrected chi connectivity index (χ0v) is 22.4. The van der Waals surface area contributed by atoms with E-state index < -0.39 is 65.6 Å². The van der Waals surface area contributed by atoms with Gasteiger partial charge in [0.05, 0.1) is 19.5 Å². The first kappa shape index (κ1) is 27.8. The normalized spacial score (nSPS) is 26.0. The monoisotopic (exact) mass is 593 g/mol. The molecule has 212 valence electrons. The summed E-state index contributed by atoms with van der Waals surface area (Å²) >= 11 is 2.42. The third-order valence-corrected chi connectivity index (χ3v) is 9.30. The number of fused-ring (bicyclic) bond motifs is 2. The van der Waals surface area contributed by atoms with Crippen molar-refractivity contribution in [2.24, 2.45) is 5.16 Å². The highest BCUT2D eigenvalue weighted by molar-refractivity contribution is 8.00. The van der Waals surface area contributed by atoms with Gasteiger partial charge in [0.15, 0.2) is 5.76 Å². The number of hydrogen-bond acceptors (Lipinski definition) is 12. The highest BCUT2D eigenvalue weighted by Gasteiger charge is 2.57. The molecule has 0 aromatic carbocycles. The van der Waals surface area contributed by atoms with Crippen LogP contribution in [-0.4, -0.2) is 115 Å². The minimum atomic E-state index is -1.37. The molecule has 2 saturated heterocycles. The molecule has 0 bridgehead atoms. The van der Waals surface area contributed by atoms with Gasteiger partial charge in [-0.2, -0.15) is 0 Å². The summed E-state index contributed by atoms with van der Waals surface area (Å²) in [5, 5.41) is 36.3. The maximum Gasteiger partial charge on any atom is 0.352 e. The Morgan fingerprint density at radius 1 is 1.02 bits per heavy atom. The highest BCUT2D eigenvalue weighted by Crippen LogP contribution is 2.42. The van der Waals surface area contributed by atoms with E-state index in [2.05, 4.69) is 15.8 Å². The lowest BCUT2D eigenvalue weighted by Crippen LogP contribution is -2.73. The van der Waals surface area contributed by atoms with Crippen LogP contribution < -0.4 is 10.6 Å². The first-order chi connectivity index (χ1) is 19.2. The molecule has 4 atom stereocenters. The molecule has 15 nitrogen and oxygen atoms in total. The number of carboxylic acid groups (broad SMARTS) is 1. The van der Waals surface area contributed by atoms with Gasteiger partial charge in [-0.1, -0.05) is 5.16 Å². The molecule has 1 aromatic rings. The van der Waals surface area contributed by atoms with E-state index >= 15 is 0 Å². The van der Waals surface area contributed by atoms with E-state index in [1.54, 1.807) is 6.07 Å². The largest absolute Gasteiger partial charge is 0.477 e. The van der Waals surface area contributed by atoms with Gasteiger partial charge in [-0.05, 0) is 23.3 Å². The second-order valence-electron chi connectivity index (χ2n) is 8.85. The van der Waals surface area contributed by atoms with Gasteiger partial charge >= 0.3 is 5.97 Å². The van der Waals surface area contributed by atoms with Gasteiger partial charge in [0.25, 0.3) is 23.6 Å². The molecule has 40 heavy (non-hydrogen) atoms. The Morgan fingerprint density at radius 2 is 1.60 bits per heavy atom. The number of aliphatic hydroxyl groups is 2. The third-order valence-electron chi connectivity index (χ3n) is 6.62. The van der Waals surface area contributed by atoms with Crippen molar-refractivity contribution >= 4 is 58.8 Å². The molecule has 5 heterocycles. The van der Waals surface area contributed by atoms with Crippen LogP contribution in [0.3, 0.4) is 0 Å². The number of nitrogens with zero attached hydrogens (tertiary/aromatic N) is 3. The van der Waals surface area contributed by atoms with Crippen LogP contribution in [0.4, 0.5) is 0 Å². The van der Waals surface area contributed by atoms with Crippen molar-refractivity contribution in [3.63, 3.8) is 0 Å². The van der Waals surface area contributed by atoms with E-state index in [1.165, 1.54) is 43.0 Å². The molecule has 0 unspecified atom stereocenters. The van der Waals surface area contributed by atoms with Crippen LogP contribution in [0.2, 0.25) is 0 Å². The predicted molar refractivity (Wildman–Crippen MR) is 138 cm³/mol. The Hall–Kier alpha value is -3.80. The van der Waals surface area contributed by atoms with Crippen LogP contribution in [0.25, 0.3) is 0 Å². The van der Waals surface area contributed by atoms with Crippen LogP contribution in [0, 0.1) is 0 Å². The number of aliphatic hydroxyl groups excluding tert-OH is 2. The Balaban J connectivity index is 1.31. The average molecular weight is 594 g/mol. The van der Waals surface area contributed by atoms with Crippen molar-refractivity contribution in [1.29, 1.82) is 0 Å². The summed E-state index contributed by atoms with van der Waals surface area (Å²) in [6, 6.07) is 0.941. The zero-order valence-electron chi connectivity index (χ0n) is 20.7. The van der Waals surface area contributed by atoms with Gasteiger partial charge in [0, 0.05) is 11.5 Å². The first-order valence-electron chi connectivity index (χ1n) is 11.8. The molecular formula is C23H23N5O10S2. The number of nitrogens with one attached hydrogen (secondary N) is 2. The second kappa shape index (κ2) is 11.0. The fraction of sp³-hybridized carbons (Fsp3) is 0.391. The van der Waals surface area contributed by atoms with Gasteiger partial charge in [-0.3, -0.25) is 29.0 Å². The van der Waals surface area contributed by atoms with E-state index in [1.807, 2.05) is 0 Å². The second-order valence-corrected chi connectivity index (χ2v) is 11.1. The predicted octanol–water partition coefficient (Wildman–Crippen LogP) is -1.99. The number of amides is 4. The molecule has 5 N–H and O–H groups in total. The minimum Gasteiger partial charge on any atom is -0.477 e. The van der Waals surface area contributed by atoms with Crippen molar-refractivity contribution in [2.75, 3.05) is 31.8 Å². The number of carbonyl (C=O) groups is 5. The summed E-state index contributed by atoms with van der Waals surface area (Å²) in [7, 11) is 1.25. The van der Waals surface area contributed by atoms with Crippen LogP contribution in [0.5, 0.6) is 0 Å². The SMILES string of the molecule is CO/N=C(\C(=O)N[C@@H]1C(=O)N2C(C(=O)N[C@@H]3C(=O)N4C(C(=O)O)=C(CO)CS[C@H]34)=C(CO)CS[C@H]12)c1ccco1. The smallest absolute Gasteiger partial charge is 0.352 e. The van der Waals surface area contributed by atoms with Gasteiger partial charge < -0.3 is 35.2 Å². The summed E-state index contributed by atoms with van der Waals surface area (Å²) in [6.45, 7) is -1.05. The Morgan fingerprint density at radius 3 is 2.12 bits per heavy atom. The Bertz CT molecular complexity index is 1370. The number of aliphatic carboxylic acids is 1. The summed E-state index contributed by atoms with van der Waals surface area (Å²) in [5.74, 6) is -3.75. The quantitative estimate of drug-likeness (QED) is 0.120. The van der Waals surface area contributed by atoms with Crippen molar-refractivity contribution in [3.8, 4) is 0 Å². The van der Waals surface area contributed by atoms with E-state index in [0.717, 1.165) is 9.80 Å². The topological polar surface area (TPSA) is 211 Å². The lowest BCUT2D eigenvalue weighted by Gasteiger charge is -2.51. The Labute approximate surface area is 234 Å². The zero-order chi connectivity index (χ0) is 28.7.